The lowest BCUT2D eigenvalue weighted by atomic mass is 9.99. The molecule has 0 spiro atoms. The molecule has 1 heterocycles. The summed E-state index contributed by atoms with van der Waals surface area (Å²) in [6, 6.07) is 5.08. The lowest BCUT2D eigenvalue weighted by Gasteiger charge is -2.30. The average Bonchev–Trinajstić information content (AvgIpc) is 2.39. The van der Waals surface area contributed by atoms with Crippen molar-refractivity contribution in [2.75, 3.05) is 19.6 Å². The van der Waals surface area contributed by atoms with Gasteiger partial charge in [0.2, 0.25) is 0 Å². The van der Waals surface area contributed by atoms with Crippen molar-refractivity contribution in [1.29, 1.82) is 0 Å². The summed E-state index contributed by atoms with van der Waals surface area (Å²) in [7, 11) is 0. The van der Waals surface area contributed by atoms with Gasteiger partial charge in [0.05, 0.1) is 10.0 Å². The Bertz CT molecular complexity index is 461. The molecule has 4 heteroatoms. The van der Waals surface area contributed by atoms with E-state index in [-0.39, 0.29) is 5.78 Å². The second-order valence-corrected chi connectivity index (χ2v) is 6.16. The van der Waals surface area contributed by atoms with Gasteiger partial charge in [0.25, 0.3) is 0 Å². The molecule has 1 aromatic carbocycles. The Kier molecular flexibility index (Phi) is 5.26. The minimum absolute atomic E-state index is 0.136. The number of carbonyl (C=O) groups excluding carboxylic acids is 1. The molecule has 1 saturated heterocycles. The molecule has 1 atom stereocenters. The molecule has 0 amide bonds. The van der Waals surface area contributed by atoms with Gasteiger partial charge in [-0.15, -0.1) is 0 Å². The van der Waals surface area contributed by atoms with Gasteiger partial charge in [-0.25, -0.2) is 0 Å². The molecule has 104 valence electrons. The number of halogens is 2. The van der Waals surface area contributed by atoms with E-state index in [9.17, 15) is 4.79 Å². The molecule has 1 aromatic rings. The van der Waals surface area contributed by atoms with Crippen molar-refractivity contribution >= 4 is 29.0 Å². The second kappa shape index (κ2) is 6.74. The van der Waals surface area contributed by atoms with Crippen LogP contribution >= 0.6 is 23.2 Å². The number of ketones is 1. The Labute approximate surface area is 124 Å². The SMILES string of the molecule is CC1CCCN(CCC(=O)c2ccc(Cl)c(Cl)c2)C1. The summed E-state index contributed by atoms with van der Waals surface area (Å²) in [6.45, 7) is 5.32. The van der Waals surface area contributed by atoms with E-state index in [4.69, 9.17) is 23.2 Å². The van der Waals surface area contributed by atoms with E-state index < -0.39 is 0 Å². The number of rotatable bonds is 4. The number of piperidine rings is 1. The molecule has 1 unspecified atom stereocenters. The molecule has 19 heavy (non-hydrogen) atoms. The molecule has 0 bridgehead atoms. The van der Waals surface area contributed by atoms with Crippen molar-refractivity contribution in [2.24, 2.45) is 5.92 Å². The van der Waals surface area contributed by atoms with Gasteiger partial charge >= 0.3 is 0 Å². The number of nitrogens with zero attached hydrogens (tertiary/aromatic N) is 1. The van der Waals surface area contributed by atoms with Crippen molar-refractivity contribution in [3.8, 4) is 0 Å². The maximum atomic E-state index is 12.1. The minimum atomic E-state index is 0.136. The predicted molar refractivity (Wildman–Crippen MR) is 80.2 cm³/mol. The normalized spacial score (nSPS) is 20.5. The standard InChI is InChI=1S/C15H19Cl2NO/c1-11-3-2-7-18(10-11)8-6-15(19)12-4-5-13(16)14(17)9-12/h4-5,9,11H,2-3,6-8,10H2,1H3. The average molecular weight is 300 g/mol. The van der Waals surface area contributed by atoms with Crippen LogP contribution in [-0.4, -0.2) is 30.3 Å². The van der Waals surface area contributed by atoms with Crippen LogP contribution in [0.5, 0.6) is 0 Å². The van der Waals surface area contributed by atoms with E-state index in [1.165, 1.54) is 12.8 Å². The third-order valence-corrected chi connectivity index (χ3v) is 4.38. The van der Waals surface area contributed by atoms with Crippen LogP contribution in [0.15, 0.2) is 18.2 Å². The van der Waals surface area contributed by atoms with Gasteiger partial charge in [-0.05, 0) is 43.5 Å². The van der Waals surface area contributed by atoms with Crippen LogP contribution in [0.25, 0.3) is 0 Å². The van der Waals surface area contributed by atoms with Crippen molar-refractivity contribution < 1.29 is 4.79 Å². The number of carbonyl (C=O) groups is 1. The van der Waals surface area contributed by atoms with Crippen LogP contribution in [0.3, 0.4) is 0 Å². The fraction of sp³-hybridized carbons (Fsp3) is 0.533. The Morgan fingerprint density at radius 2 is 2.16 bits per heavy atom. The van der Waals surface area contributed by atoms with Crippen molar-refractivity contribution in [3.05, 3.63) is 33.8 Å². The summed E-state index contributed by atoms with van der Waals surface area (Å²) in [5.41, 5.74) is 0.652. The van der Waals surface area contributed by atoms with Crippen LogP contribution in [0.1, 0.15) is 36.5 Å². The third-order valence-electron chi connectivity index (χ3n) is 3.64. The van der Waals surface area contributed by atoms with E-state index in [1.54, 1.807) is 18.2 Å². The zero-order valence-electron chi connectivity index (χ0n) is 11.2. The molecule has 1 fully saturated rings. The van der Waals surface area contributed by atoms with Gasteiger partial charge < -0.3 is 4.90 Å². The molecule has 0 N–H and O–H groups in total. The van der Waals surface area contributed by atoms with E-state index >= 15 is 0 Å². The van der Waals surface area contributed by atoms with E-state index in [0.717, 1.165) is 25.6 Å². The van der Waals surface area contributed by atoms with Crippen LogP contribution in [0.4, 0.5) is 0 Å². The Morgan fingerprint density at radius 1 is 1.37 bits per heavy atom. The van der Waals surface area contributed by atoms with Gasteiger partial charge in [-0.2, -0.15) is 0 Å². The van der Waals surface area contributed by atoms with Gasteiger partial charge in [0, 0.05) is 25.1 Å². The Morgan fingerprint density at radius 3 is 2.84 bits per heavy atom. The van der Waals surface area contributed by atoms with E-state index in [0.29, 0.717) is 22.0 Å². The summed E-state index contributed by atoms with van der Waals surface area (Å²) in [5.74, 6) is 0.880. The number of benzene rings is 1. The summed E-state index contributed by atoms with van der Waals surface area (Å²) in [6.07, 6.45) is 3.09. The van der Waals surface area contributed by atoms with Gasteiger partial charge in [-0.3, -0.25) is 4.79 Å². The molecule has 0 saturated carbocycles. The third kappa shape index (κ3) is 4.20. The first-order chi connectivity index (χ1) is 9.06. The summed E-state index contributed by atoms with van der Waals surface area (Å²) >= 11 is 11.8. The molecular formula is C15H19Cl2NO. The first-order valence-corrected chi connectivity index (χ1v) is 7.52. The monoisotopic (exact) mass is 299 g/mol. The smallest absolute Gasteiger partial charge is 0.164 e. The number of Topliss-reactive ketones (excluding diaryl/α,β-unsaturated/α-hetero) is 1. The van der Waals surface area contributed by atoms with E-state index in [2.05, 4.69) is 11.8 Å². The molecule has 2 nitrogen and oxygen atoms in total. The highest BCUT2D eigenvalue weighted by Gasteiger charge is 2.17. The van der Waals surface area contributed by atoms with Crippen LogP contribution in [0.2, 0.25) is 10.0 Å². The maximum Gasteiger partial charge on any atom is 0.164 e. The topological polar surface area (TPSA) is 20.3 Å². The quantitative estimate of drug-likeness (QED) is 0.773. The summed E-state index contributed by atoms with van der Waals surface area (Å²) < 4.78 is 0. The first-order valence-electron chi connectivity index (χ1n) is 6.77. The van der Waals surface area contributed by atoms with Crippen LogP contribution in [0, 0.1) is 5.92 Å². The zero-order valence-corrected chi connectivity index (χ0v) is 12.7. The maximum absolute atomic E-state index is 12.1. The second-order valence-electron chi connectivity index (χ2n) is 5.35. The fourth-order valence-electron chi connectivity index (χ4n) is 2.56. The molecule has 0 aromatic heterocycles. The number of likely N-dealkylation sites (tertiary alicyclic amines) is 1. The molecule has 0 aliphatic carbocycles. The van der Waals surface area contributed by atoms with Crippen molar-refractivity contribution in [2.45, 2.75) is 26.2 Å². The van der Waals surface area contributed by atoms with Crippen LogP contribution in [-0.2, 0) is 0 Å². The lowest BCUT2D eigenvalue weighted by molar-refractivity contribution is 0.0949. The highest BCUT2D eigenvalue weighted by Crippen LogP contribution is 2.23. The summed E-state index contributed by atoms with van der Waals surface area (Å²) in [5, 5.41) is 0.933. The van der Waals surface area contributed by atoms with Gasteiger partial charge in [-0.1, -0.05) is 30.1 Å². The summed E-state index contributed by atoms with van der Waals surface area (Å²) in [4.78, 5) is 14.5. The van der Waals surface area contributed by atoms with Crippen molar-refractivity contribution in [1.82, 2.24) is 4.90 Å². The molecule has 1 aliphatic rings. The first kappa shape index (κ1) is 14.8. The van der Waals surface area contributed by atoms with Crippen molar-refractivity contribution in [3.63, 3.8) is 0 Å². The molecule has 1 aliphatic heterocycles. The number of hydrogen-bond acceptors (Lipinski definition) is 2. The highest BCUT2D eigenvalue weighted by molar-refractivity contribution is 6.42. The van der Waals surface area contributed by atoms with Gasteiger partial charge in [0.15, 0.2) is 5.78 Å². The predicted octanol–water partition coefficient (Wildman–Crippen LogP) is 4.30. The molecule has 2 rings (SSSR count). The highest BCUT2D eigenvalue weighted by atomic mass is 35.5. The van der Waals surface area contributed by atoms with E-state index in [1.807, 2.05) is 0 Å². The minimum Gasteiger partial charge on any atom is -0.303 e. The zero-order chi connectivity index (χ0) is 13.8. The Hall–Kier alpha value is -0.570. The number of hydrogen-bond donors (Lipinski definition) is 0. The Balaban J connectivity index is 1.88. The molecular weight excluding hydrogens is 281 g/mol. The fourth-order valence-corrected chi connectivity index (χ4v) is 2.86. The van der Waals surface area contributed by atoms with Gasteiger partial charge in [0.1, 0.15) is 0 Å². The lowest BCUT2D eigenvalue weighted by Crippen LogP contribution is -2.35. The van der Waals surface area contributed by atoms with Crippen LogP contribution < -0.4 is 0 Å². The largest absolute Gasteiger partial charge is 0.303 e. The molecule has 0 radical (unpaired) electrons.